The Bertz CT molecular complexity index is 1720. The summed E-state index contributed by atoms with van der Waals surface area (Å²) < 4.78 is 54.1. The Labute approximate surface area is 276 Å². The van der Waals surface area contributed by atoms with Gasteiger partial charge in [0.1, 0.15) is 29.9 Å². The quantitative estimate of drug-likeness (QED) is 0.157. The molecular formula is C36H40FN3O6S. The van der Waals surface area contributed by atoms with E-state index in [4.69, 9.17) is 9.47 Å². The number of anilines is 1. The van der Waals surface area contributed by atoms with Gasteiger partial charge in [0.15, 0.2) is 0 Å². The highest BCUT2D eigenvalue weighted by Crippen LogP contribution is 2.33. The van der Waals surface area contributed by atoms with Gasteiger partial charge in [-0.25, -0.2) is 12.8 Å². The second kappa shape index (κ2) is 16.6. The van der Waals surface area contributed by atoms with E-state index in [1.807, 2.05) is 37.3 Å². The second-order valence-corrected chi connectivity index (χ2v) is 12.7. The van der Waals surface area contributed by atoms with E-state index in [-0.39, 0.29) is 35.2 Å². The highest BCUT2D eigenvalue weighted by Gasteiger charge is 2.35. The molecule has 248 valence electrons. The summed E-state index contributed by atoms with van der Waals surface area (Å²) in [6.07, 6.45) is 1.78. The summed E-state index contributed by atoms with van der Waals surface area (Å²) in [4.78, 5) is 29.7. The first kappa shape index (κ1) is 35.0. The summed E-state index contributed by atoms with van der Waals surface area (Å²) >= 11 is 0. The number of halogens is 1. The normalized spacial score (nSPS) is 11.7. The molecule has 1 atom stereocenters. The van der Waals surface area contributed by atoms with Crippen molar-refractivity contribution in [3.63, 3.8) is 0 Å². The van der Waals surface area contributed by atoms with Crippen molar-refractivity contribution in [1.29, 1.82) is 0 Å². The highest BCUT2D eigenvalue weighted by atomic mass is 32.2. The number of ether oxygens (including phenoxy) is 2. The maximum atomic E-state index is 14.5. The van der Waals surface area contributed by atoms with Crippen molar-refractivity contribution in [2.75, 3.05) is 31.6 Å². The molecule has 0 fully saturated rings. The number of nitrogens with one attached hydrogen (secondary N) is 1. The molecule has 0 aliphatic heterocycles. The Morgan fingerprint density at radius 2 is 1.49 bits per heavy atom. The number of amides is 2. The highest BCUT2D eigenvalue weighted by molar-refractivity contribution is 7.92. The number of benzene rings is 4. The van der Waals surface area contributed by atoms with Gasteiger partial charge in [-0.1, -0.05) is 67.9 Å². The molecule has 0 aliphatic carbocycles. The maximum absolute atomic E-state index is 14.5. The van der Waals surface area contributed by atoms with Gasteiger partial charge in [0, 0.05) is 19.5 Å². The van der Waals surface area contributed by atoms with E-state index in [2.05, 4.69) is 5.32 Å². The van der Waals surface area contributed by atoms with Gasteiger partial charge in [-0.15, -0.1) is 0 Å². The van der Waals surface area contributed by atoms with Crippen LogP contribution in [0.15, 0.2) is 108 Å². The summed E-state index contributed by atoms with van der Waals surface area (Å²) in [5.41, 5.74) is 1.53. The monoisotopic (exact) mass is 661 g/mol. The number of sulfonamides is 1. The minimum atomic E-state index is -4.34. The molecule has 0 saturated heterocycles. The molecule has 0 radical (unpaired) electrons. The van der Waals surface area contributed by atoms with Crippen LogP contribution in [0.1, 0.15) is 30.9 Å². The third-order valence-corrected chi connectivity index (χ3v) is 9.42. The maximum Gasteiger partial charge on any atom is 0.264 e. The third-order valence-electron chi connectivity index (χ3n) is 7.65. The van der Waals surface area contributed by atoms with Gasteiger partial charge < -0.3 is 19.7 Å². The Morgan fingerprint density at radius 3 is 2.13 bits per heavy atom. The molecule has 4 aromatic rings. The van der Waals surface area contributed by atoms with Crippen molar-refractivity contribution in [2.45, 2.75) is 43.7 Å². The van der Waals surface area contributed by atoms with Crippen molar-refractivity contribution in [3.8, 4) is 11.5 Å². The number of unbranched alkanes of at least 4 members (excludes halogenated alkanes) is 1. The van der Waals surface area contributed by atoms with Gasteiger partial charge in [0.2, 0.25) is 11.8 Å². The van der Waals surface area contributed by atoms with Gasteiger partial charge >= 0.3 is 0 Å². The van der Waals surface area contributed by atoms with Crippen LogP contribution in [-0.4, -0.2) is 58.5 Å². The molecule has 0 unspecified atom stereocenters. The zero-order chi connectivity index (χ0) is 33.8. The summed E-state index contributed by atoms with van der Waals surface area (Å²) in [6, 6.07) is 26.2. The van der Waals surface area contributed by atoms with Crippen molar-refractivity contribution >= 4 is 27.5 Å². The van der Waals surface area contributed by atoms with Crippen LogP contribution < -0.4 is 19.1 Å². The van der Waals surface area contributed by atoms with Gasteiger partial charge in [-0.3, -0.25) is 13.9 Å². The number of para-hydroxylation sites is 2. The van der Waals surface area contributed by atoms with Crippen LogP contribution in [0.5, 0.6) is 11.5 Å². The number of carbonyl (C=O) groups is 2. The molecular weight excluding hydrogens is 621 g/mol. The number of hydrogen-bond donors (Lipinski definition) is 1. The molecule has 11 heteroatoms. The number of hydrogen-bond acceptors (Lipinski definition) is 6. The Morgan fingerprint density at radius 1 is 0.830 bits per heavy atom. The molecule has 47 heavy (non-hydrogen) atoms. The first-order chi connectivity index (χ1) is 22.7. The molecule has 0 aliphatic rings. The van der Waals surface area contributed by atoms with Gasteiger partial charge in [-0.2, -0.15) is 0 Å². The zero-order valence-electron chi connectivity index (χ0n) is 26.8. The van der Waals surface area contributed by atoms with Crippen LogP contribution in [0.25, 0.3) is 0 Å². The average Bonchev–Trinajstić information content (AvgIpc) is 3.09. The van der Waals surface area contributed by atoms with E-state index in [1.54, 1.807) is 24.3 Å². The Kier molecular flexibility index (Phi) is 12.3. The fraction of sp³-hybridized carbons (Fsp3) is 0.278. The van der Waals surface area contributed by atoms with Crippen molar-refractivity contribution in [1.82, 2.24) is 10.2 Å². The first-order valence-corrected chi connectivity index (χ1v) is 16.8. The van der Waals surface area contributed by atoms with E-state index in [9.17, 15) is 22.4 Å². The van der Waals surface area contributed by atoms with Crippen LogP contribution in [0.2, 0.25) is 0 Å². The third kappa shape index (κ3) is 9.10. The molecule has 0 aromatic heterocycles. The molecule has 1 N–H and O–H groups in total. The van der Waals surface area contributed by atoms with Crippen molar-refractivity contribution in [3.05, 3.63) is 120 Å². The summed E-state index contributed by atoms with van der Waals surface area (Å²) in [5, 5.41) is 2.95. The molecule has 2 amide bonds. The minimum Gasteiger partial charge on any atom is -0.497 e. The first-order valence-electron chi connectivity index (χ1n) is 15.3. The predicted octanol–water partition coefficient (Wildman–Crippen LogP) is 5.59. The topological polar surface area (TPSA) is 105 Å². The van der Waals surface area contributed by atoms with Crippen LogP contribution in [0, 0.1) is 5.82 Å². The molecule has 0 heterocycles. The Hall–Kier alpha value is -4.90. The summed E-state index contributed by atoms with van der Waals surface area (Å²) in [6.45, 7) is 1.70. The van der Waals surface area contributed by atoms with Gasteiger partial charge in [-0.05, 0) is 66.1 Å². The fourth-order valence-electron chi connectivity index (χ4n) is 5.07. The van der Waals surface area contributed by atoms with Crippen LogP contribution in [-0.2, 0) is 32.6 Å². The molecule has 0 saturated carbocycles. The zero-order valence-corrected chi connectivity index (χ0v) is 27.6. The van der Waals surface area contributed by atoms with Crippen LogP contribution in [0.3, 0.4) is 0 Å². The molecule has 4 aromatic carbocycles. The molecule has 0 spiro atoms. The lowest BCUT2D eigenvalue weighted by atomic mass is 10.0. The number of rotatable bonds is 16. The van der Waals surface area contributed by atoms with E-state index in [0.29, 0.717) is 17.9 Å². The van der Waals surface area contributed by atoms with E-state index in [1.165, 1.54) is 67.7 Å². The molecule has 0 bridgehead atoms. The van der Waals surface area contributed by atoms with Crippen molar-refractivity contribution in [2.24, 2.45) is 0 Å². The van der Waals surface area contributed by atoms with Gasteiger partial charge in [0.25, 0.3) is 10.0 Å². The fourth-order valence-corrected chi connectivity index (χ4v) is 6.50. The number of methoxy groups -OCH3 is 2. The second-order valence-electron chi connectivity index (χ2n) is 10.9. The van der Waals surface area contributed by atoms with E-state index < -0.39 is 34.3 Å². The van der Waals surface area contributed by atoms with E-state index >= 15 is 0 Å². The summed E-state index contributed by atoms with van der Waals surface area (Å²) in [7, 11) is -1.45. The Balaban J connectivity index is 1.81. The lowest BCUT2D eigenvalue weighted by Crippen LogP contribution is -2.53. The molecule has 4 rings (SSSR count). The number of carbonyl (C=O) groups excluding carboxylic acids is 2. The largest absolute Gasteiger partial charge is 0.497 e. The lowest BCUT2D eigenvalue weighted by molar-refractivity contribution is -0.140. The lowest BCUT2D eigenvalue weighted by Gasteiger charge is -2.34. The van der Waals surface area contributed by atoms with Crippen molar-refractivity contribution < 1.29 is 31.9 Å². The average molecular weight is 662 g/mol. The smallest absolute Gasteiger partial charge is 0.264 e. The van der Waals surface area contributed by atoms with Crippen LogP contribution in [0.4, 0.5) is 10.1 Å². The van der Waals surface area contributed by atoms with Gasteiger partial charge in [0.05, 0.1) is 24.8 Å². The van der Waals surface area contributed by atoms with Crippen LogP contribution >= 0.6 is 0 Å². The molecule has 9 nitrogen and oxygen atoms in total. The van der Waals surface area contributed by atoms with E-state index in [0.717, 1.165) is 22.7 Å². The minimum absolute atomic E-state index is 0.0692. The SMILES string of the molecule is CCCCNC(=O)[C@H](Cc1ccccc1)N(Cc1ccc(F)cc1)C(=O)CN(c1ccccc1OC)S(=O)(=O)c1ccc(OC)cc1. The standard InChI is InChI=1S/C36H40FN3O6S/c1-4-5-23-38-36(42)33(24-27-11-7-6-8-12-27)39(25-28-15-17-29(37)18-16-28)35(41)26-40(32-13-9-10-14-34(32)46-3)47(43,44)31-21-19-30(45-2)20-22-31/h6-22,33H,4-5,23-26H2,1-3H3,(H,38,42)/t33-/m0/s1. The predicted molar refractivity (Wildman–Crippen MR) is 179 cm³/mol. The number of nitrogens with zero attached hydrogens (tertiary/aromatic N) is 2. The summed E-state index contributed by atoms with van der Waals surface area (Å²) in [5.74, 6) is -0.756.